The smallest absolute Gasteiger partial charge is 0.120 e. The largest absolute Gasteiger partial charge is 0.489 e. The minimum absolute atomic E-state index is 0. The number of hydrogen-bond acceptors (Lipinski definition) is 2. The number of rotatable bonds is 7. The van der Waals surface area contributed by atoms with Crippen LogP contribution >= 0.6 is 24.0 Å². The second kappa shape index (κ2) is 10.2. The zero-order valence-electron chi connectivity index (χ0n) is 14.7. The maximum absolute atomic E-state index is 6.18. The molecule has 3 aromatic carbocycles. The summed E-state index contributed by atoms with van der Waals surface area (Å²) >= 11 is 6.18. The van der Waals surface area contributed by atoms with E-state index >= 15 is 0 Å². The minimum Gasteiger partial charge on any atom is -0.489 e. The summed E-state index contributed by atoms with van der Waals surface area (Å²) in [6.07, 6.45) is 0. The maximum Gasteiger partial charge on any atom is 0.120 e. The molecule has 0 aliphatic carbocycles. The number of ether oxygens (including phenoxy) is 1. The molecule has 0 aliphatic heterocycles. The van der Waals surface area contributed by atoms with E-state index < -0.39 is 0 Å². The number of benzene rings is 3. The first-order chi connectivity index (χ1) is 12.2. The molecule has 0 bridgehead atoms. The van der Waals surface area contributed by atoms with Gasteiger partial charge in [0.25, 0.3) is 0 Å². The van der Waals surface area contributed by atoms with Crippen molar-refractivity contribution in [2.45, 2.75) is 26.6 Å². The molecule has 0 aliphatic rings. The molecule has 0 saturated heterocycles. The molecule has 0 heterocycles. The summed E-state index contributed by atoms with van der Waals surface area (Å²) in [6.45, 7) is 4.18. The lowest BCUT2D eigenvalue weighted by Crippen LogP contribution is -2.13. The molecule has 4 heteroatoms. The van der Waals surface area contributed by atoms with Crippen LogP contribution in [0.2, 0.25) is 5.02 Å². The van der Waals surface area contributed by atoms with Crippen molar-refractivity contribution >= 4 is 24.0 Å². The van der Waals surface area contributed by atoms with Crippen LogP contribution in [-0.2, 0) is 19.7 Å². The third-order valence-electron chi connectivity index (χ3n) is 4.03. The molecule has 0 atom stereocenters. The zero-order valence-corrected chi connectivity index (χ0v) is 16.3. The number of aryl methyl sites for hydroxylation is 1. The normalized spacial score (nSPS) is 10.2. The highest BCUT2D eigenvalue weighted by Gasteiger charge is 2.01. The first-order valence-corrected chi connectivity index (χ1v) is 8.80. The van der Waals surface area contributed by atoms with Gasteiger partial charge in [-0.2, -0.15) is 0 Å². The highest BCUT2D eigenvalue weighted by atomic mass is 35.5. The van der Waals surface area contributed by atoms with Crippen LogP contribution in [0.15, 0.2) is 72.8 Å². The van der Waals surface area contributed by atoms with Gasteiger partial charge in [-0.1, -0.05) is 71.8 Å². The Morgan fingerprint density at radius 1 is 0.846 bits per heavy atom. The highest BCUT2D eigenvalue weighted by molar-refractivity contribution is 6.31. The van der Waals surface area contributed by atoms with Gasteiger partial charge in [0.2, 0.25) is 0 Å². The topological polar surface area (TPSA) is 21.3 Å². The van der Waals surface area contributed by atoms with Crippen LogP contribution in [0.25, 0.3) is 0 Å². The van der Waals surface area contributed by atoms with E-state index in [1.807, 2.05) is 36.4 Å². The fraction of sp³-hybridized carbons (Fsp3) is 0.182. The summed E-state index contributed by atoms with van der Waals surface area (Å²) < 4.78 is 5.91. The fourth-order valence-corrected chi connectivity index (χ4v) is 2.78. The average molecular weight is 388 g/mol. The van der Waals surface area contributed by atoms with Gasteiger partial charge < -0.3 is 10.1 Å². The Hall–Kier alpha value is -2.00. The van der Waals surface area contributed by atoms with E-state index in [0.29, 0.717) is 6.61 Å². The van der Waals surface area contributed by atoms with Crippen LogP contribution in [0.3, 0.4) is 0 Å². The van der Waals surface area contributed by atoms with E-state index in [4.69, 9.17) is 16.3 Å². The zero-order chi connectivity index (χ0) is 17.5. The van der Waals surface area contributed by atoms with E-state index in [-0.39, 0.29) is 12.4 Å². The van der Waals surface area contributed by atoms with Crippen molar-refractivity contribution in [3.63, 3.8) is 0 Å². The van der Waals surface area contributed by atoms with Crippen molar-refractivity contribution in [2.75, 3.05) is 0 Å². The lowest BCUT2D eigenvalue weighted by molar-refractivity contribution is 0.306. The molecule has 0 fully saturated rings. The van der Waals surface area contributed by atoms with Gasteiger partial charge in [-0.25, -0.2) is 0 Å². The van der Waals surface area contributed by atoms with Gasteiger partial charge in [0, 0.05) is 18.1 Å². The second-order valence-corrected chi connectivity index (χ2v) is 6.52. The Bertz CT molecular complexity index is 818. The second-order valence-electron chi connectivity index (χ2n) is 6.12. The van der Waals surface area contributed by atoms with E-state index in [1.165, 1.54) is 16.7 Å². The molecular weight excluding hydrogens is 365 g/mol. The molecule has 136 valence electrons. The quantitative estimate of drug-likeness (QED) is 0.541. The summed E-state index contributed by atoms with van der Waals surface area (Å²) in [4.78, 5) is 0. The third-order valence-corrected chi connectivity index (χ3v) is 4.40. The van der Waals surface area contributed by atoms with Gasteiger partial charge in [-0.15, -0.1) is 12.4 Å². The van der Waals surface area contributed by atoms with Crippen molar-refractivity contribution in [1.29, 1.82) is 0 Å². The lowest BCUT2D eigenvalue weighted by Gasteiger charge is -2.10. The first kappa shape index (κ1) is 20.3. The fourth-order valence-electron chi connectivity index (χ4n) is 2.58. The van der Waals surface area contributed by atoms with Crippen LogP contribution in [0.4, 0.5) is 0 Å². The summed E-state index contributed by atoms with van der Waals surface area (Å²) in [5, 5.41) is 4.22. The molecule has 1 N–H and O–H groups in total. The molecule has 0 spiro atoms. The van der Waals surface area contributed by atoms with Crippen molar-refractivity contribution in [1.82, 2.24) is 5.32 Å². The Kier molecular flexibility index (Phi) is 7.99. The summed E-state index contributed by atoms with van der Waals surface area (Å²) in [5.74, 6) is 0.887. The number of hydrogen-bond donors (Lipinski definition) is 1. The standard InChI is InChI=1S/C22H22ClNO.ClH/c1-17-9-11-18(12-10-17)16-25-21-7-4-5-19(13-21)14-24-15-20-6-2-3-8-22(20)23;/h2-13,24H,14-16H2,1H3;1H. The van der Waals surface area contributed by atoms with E-state index in [0.717, 1.165) is 29.4 Å². The highest BCUT2D eigenvalue weighted by Crippen LogP contribution is 2.17. The third kappa shape index (κ3) is 6.06. The molecule has 0 amide bonds. The lowest BCUT2D eigenvalue weighted by atomic mass is 10.1. The minimum atomic E-state index is 0. The Labute approximate surface area is 166 Å². The molecule has 2 nitrogen and oxygen atoms in total. The number of nitrogens with one attached hydrogen (secondary N) is 1. The molecule has 3 rings (SSSR count). The Morgan fingerprint density at radius 2 is 1.62 bits per heavy atom. The molecule has 26 heavy (non-hydrogen) atoms. The Balaban J connectivity index is 0.00000243. The molecular formula is C22H23Cl2NO. The van der Waals surface area contributed by atoms with Gasteiger partial charge in [0.1, 0.15) is 12.4 Å². The van der Waals surface area contributed by atoms with Crippen LogP contribution in [0.5, 0.6) is 5.75 Å². The SMILES string of the molecule is Cc1ccc(COc2cccc(CNCc3ccccc3Cl)c2)cc1.Cl. The van der Waals surface area contributed by atoms with Gasteiger partial charge in [-0.3, -0.25) is 0 Å². The number of halogens is 2. The predicted octanol–water partition coefficient (Wildman–Crippen LogP) is 5.94. The molecule has 0 unspecified atom stereocenters. The van der Waals surface area contributed by atoms with Gasteiger partial charge in [0.05, 0.1) is 0 Å². The molecule has 0 aromatic heterocycles. The molecule has 0 saturated carbocycles. The van der Waals surface area contributed by atoms with Gasteiger partial charge in [0.15, 0.2) is 0 Å². The first-order valence-electron chi connectivity index (χ1n) is 8.42. The van der Waals surface area contributed by atoms with Crippen molar-refractivity contribution in [2.24, 2.45) is 0 Å². The Morgan fingerprint density at radius 3 is 2.38 bits per heavy atom. The van der Waals surface area contributed by atoms with E-state index in [9.17, 15) is 0 Å². The monoisotopic (exact) mass is 387 g/mol. The van der Waals surface area contributed by atoms with Crippen LogP contribution < -0.4 is 10.1 Å². The average Bonchev–Trinajstić information content (AvgIpc) is 2.63. The predicted molar refractivity (Wildman–Crippen MR) is 111 cm³/mol. The maximum atomic E-state index is 6.18. The summed E-state index contributed by atoms with van der Waals surface area (Å²) in [5.41, 5.74) is 4.73. The molecule has 0 radical (unpaired) electrons. The van der Waals surface area contributed by atoms with Crippen molar-refractivity contribution in [3.8, 4) is 5.75 Å². The van der Waals surface area contributed by atoms with Gasteiger partial charge >= 0.3 is 0 Å². The summed E-state index contributed by atoms with van der Waals surface area (Å²) in [7, 11) is 0. The van der Waals surface area contributed by atoms with E-state index in [1.54, 1.807) is 0 Å². The van der Waals surface area contributed by atoms with Gasteiger partial charge in [-0.05, 0) is 41.8 Å². The summed E-state index contributed by atoms with van der Waals surface area (Å²) in [6, 6.07) is 24.5. The van der Waals surface area contributed by atoms with Crippen molar-refractivity contribution < 1.29 is 4.74 Å². The van der Waals surface area contributed by atoms with Crippen LogP contribution in [-0.4, -0.2) is 0 Å². The van der Waals surface area contributed by atoms with E-state index in [2.05, 4.69) is 48.6 Å². The van der Waals surface area contributed by atoms with Crippen LogP contribution in [0.1, 0.15) is 22.3 Å². The van der Waals surface area contributed by atoms with Crippen LogP contribution in [0, 0.1) is 6.92 Å². The van der Waals surface area contributed by atoms with Crippen molar-refractivity contribution in [3.05, 3.63) is 100 Å². The molecule has 3 aromatic rings.